The monoisotopic (exact) mass is 2040 g/mol. The van der Waals surface area contributed by atoms with Crippen LogP contribution in [0.5, 0.6) is 0 Å². The van der Waals surface area contributed by atoms with E-state index in [1.54, 1.807) is 14.2 Å². The summed E-state index contributed by atoms with van der Waals surface area (Å²) in [5.74, 6) is -63.8. The fourth-order valence-corrected chi connectivity index (χ4v) is 4.18. The van der Waals surface area contributed by atoms with E-state index in [1.165, 1.54) is 7.11 Å². The lowest BCUT2D eigenvalue weighted by atomic mass is 10.0. The van der Waals surface area contributed by atoms with Crippen LogP contribution in [0.15, 0.2) is 0 Å². The predicted octanol–water partition coefficient (Wildman–Crippen LogP) is 26.5. The zero-order valence-corrected chi connectivity index (χ0v) is 58.0. The summed E-state index contributed by atoms with van der Waals surface area (Å²) >= 11 is 0. The molecule has 0 aromatic carbocycles. The second-order valence-electron chi connectivity index (χ2n) is 19.3. The van der Waals surface area contributed by atoms with E-state index >= 15 is 0 Å². The molecule has 0 saturated carbocycles. The van der Waals surface area contributed by atoms with E-state index in [2.05, 4.69) is 37.9 Å². The van der Waals surface area contributed by atoms with Crippen LogP contribution in [0.4, 0.5) is 312 Å². The Bertz CT molecular complexity index is 2730. The van der Waals surface area contributed by atoms with Crippen LogP contribution in [0.1, 0.15) is 27.2 Å². The molecule has 0 aromatic rings. The third-order valence-corrected chi connectivity index (χ3v) is 10.0. The molecule has 123 heavy (non-hydrogen) atoms. The van der Waals surface area contributed by atoms with Crippen LogP contribution in [0.3, 0.4) is 0 Å². The highest BCUT2D eigenvalue weighted by molar-refractivity contribution is 5.05. The maximum absolute atomic E-state index is 13.1. The van der Waals surface area contributed by atoms with Gasteiger partial charge in [-0.05, 0) is 20.8 Å². The number of hydrogen-bond acceptors (Lipinski definition) is 8. The molecule has 0 spiro atoms. The summed E-state index contributed by atoms with van der Waals surface area (Å²) in [6, 6.07) is 0. The molecule has 4 unspecified atom stereocenters. The highest BCUT2D eigenvalue weighted by Gasteiger charge is 2.89. The van der Waals surface area contributed by atoms with Crippen molar-refractivity contribution in [3.63, 3.8) is 0 Å². The molecule has 0 N–H and O–H groups in total. The topological polar surface area (TPSA) is 73.8 Å². The molecule has 8 nitrogen and oxygen atoms in total. The van der Waals surface area contributed by atoms with E-state index in [9.17, 15) is 312 Å². The molecule has 760 valence electrons. The normalized spacial score (nSPS) is 15.7. The highest BCUT2D eigenvalue weighted by Crippen LogP contribution is 2.60. The van der Waals surface area contributed by atoms with Gasteiger partial charge in [-0.25, -0.2) is 30.7 Å². The van der Waals surface area contributed by atoms with Gasteiger partial charge in [-0.2, -0.15) is 246 Å². The Labute approximate surface area is 629 Å². The lowest BCUT2D eigenvalue weighted by Crippen LogP contribution is -2.68. The zero-order valence-electron chi connectivity index (χ0n) is 58.0. The van der Waals surface area contributed by atoms with E-state index in [1.807, 2.05) is 0 Å². The number of halogens is 71. The van der Waals surface area contributed by atoms with Crippen molar-refractivity contribution >= 4 is 0 Å². The molecule has 0 rings (SSSR count). The first-order valence-electron chi connectivity index (χ1n) is 26.2. The van der Waals surface area contributed by atoms with Gasteiger partial charge < -0.3 is 37.9 Å². The van der Waals surface area contributed by atoms with Gasteiger partial charge in [0.2, 0.25) is 0 Å². The van der Waals surface area contributed by atoms with Crippen molar-refractivity contribution in [3.8, 4) is 0 Å². The minimum absolute atomic E-state index is 0.0552. The summed E-state index contributed by atoms with van der Waals surface area (Å²) in [5, 5.41) is 0. The van der Waals surface area contributed by atoms with Gasteiger partial charge >= 0.3 is 164 Å². The second kappa shape index (κ2) is 46.8. The molecule has 0 fully saturated rings. The van der Waals surface area contributed by atoms with E-state index in [0.29, 0.717) is 0 Å². The van der Waals surface area contributed by atoms with Crippen molar-refractivity contribution in [2.45, 2.75) is 216 Å². The average molecular weight is 2040 g/mol. The molecule has 0 aromatic heterocycles. The summed E-state index contributed by atoms with van der Waals surface area (Å²) in [6.45, 7) is -0.619. The Morgan fingerprint density at radius 3 is 0.626 bits per heavy atom. The van der Waals surface area contributed by atoms with Gasteiger partial charge in [-0.3, -0.25) is 0 Å². The summed E-state index contributed by atoms with van der Waals surface area (Å²) in [5.41, 5.74) is -6.73. The minimum atomic E-state index is -7.08. The van der Waals surface area contributed by atoms with Crippen LogP contribution in [0.2, 0.25) is 0 Å². The summed E-state index contributed by atoms with van der Waals surface area (Å²) in [7, 11) is 3.84. The Morgan fingerprint density at radius 1 is 0.276 bits per heavy atom. The summed E-state index contributed by atoms with van der Waals surface area (Å²) < 4.78 is 846. The maximum atomic E-state index is 13.1. The maximum Gasteiger partial charge on any atom is 0.559 e. The highest BCUT2D eigenvalue weighted by atomic mass is 19.6. The van der Waals surface area contributed by atoms with Gasteiger partial charge in [0.1, 0.15) is 12.5 Å². The SMILES string of the molecule is CC(F)C(F)(F)OC(C)C(F)(F)C(F)C(F)(F)F.CCOC(F)(CC(F)(F)F)C(F)(F)C(F)(F)F.COC.COC(F)(C(F)(F)C(F)(F)F)C(F)(F)C(F)(F)F.COC(F)(F)C(F)(C(F)(F)F)C(F)(F)F.COC(F)(F)C(F)(F)C(F)(F)C(F)(F)F.COC(F)(F)C(F)(F)C(F)(F)F.COCF.FC(F)(F)C(F)(F)C(F)(F)F.FC(F)(F)F.FC(F)(F)F. The fraction of sp³-hybridized carbons (Fsp3) is 1.00. The second-order valence-corrected chi connectivity index (χ2v) is 19.3. The summed E-state index contributed by atoms with van der Waals surface area (Å²) in [4.78, 5) is 0. The zero-order chi connectivity index (χ0) is 105. The Morgan fingerprint density at radius 2 is 0.496 bits per heavy atom. The van der Waals surface area contributed by atoms with E-state index in [4.69, 9.17) is 0 Å². The third kappa shape index (κ3) is 42.2. The predicted molar refractivity (Wildman–Crippen MR) is 248 cm³/mol. The van der Waals surface area contributed by atoms with Gasteiger partial charge in [-0.1, -0.05) is 0 Å². The largest absolute Gasteiger partial charge is 0.559 e. The van der Waals surface area contributed by atoms with Gasteiger partial charge in [0.25, 0.3) is 12.0 Å². The van der Waals surface area contributed by atoms with Crippen molar-refractivity contribution in [1.82, 2.24) is 0 Å². The van der Waals surface area contributed by atoms with Gasteiger partial charge in [0.05, 0.1) is 0 Å². The number of hydrogen-bond donors (Lipinski definition) is 0. The van der Waals surface area contributed by atoms with Crippen molar-refractivity contribution in [3.05, 3.63) is 0 Å². The van der Waals surface area contributed by atoms with Crippen molar-refractivity contribution in [1.29, 1.82) is 0 Å². The summed E-state index contributed by atoms with van der Waals surface area (Å²) in [6.07, 6.45) is -119. The standard InChI is InChI=1S/C8H9F9O.C7H7F9O.C6H3F11O.2C5H3F9O.C4H3F7O.C3F8.C2H5FO.C2H6O.2CF4/c1-3(9)8(16,17)18-4(2)6(11,12)5(10)7(13,14)15;1-2-17-4(8,3-5(9,10)11)6(12,13)7(14,15)16;1-18-4(11,2(7,8)5(12,13)14)3(9,10)6(15,16)17;1-15-5(13,14)3(8,9)2(6,7)4(10,11)12;1-15-5(13,14)2(6,3(7,8)9)4(10,11)12;1-12-4(10,11)2(5,6)3(7,8)9;4-1(5,2(6,7)8)3(9,10)11;1-4-2-3;1-3-2;2*2-1(3,4)5/h3-5H,1-2H3;2-3H2,1H3;1H3;2*1H3;1H3;;2H2,1H3;1-2H3;;. The van der Waals surface area contributed by atoms with Crippen molar-refractivity contribution in [2.75, 3.05) is 63.2 Å². The molecule has 0 bridgehead atoms. The molecule has 0 amide bonds. The smallest absolute Gasteiger partial charge is 0.388 e. The molecular weight excluding hydrogens is 2010 g/mol. The molecule has 0 heterocycles. The van der Waals surface area contributed by atoms with Crippen LogP contribution in [0.25, 0.3) is 0 Å². The van der Waals surface area contributed by atoms with Crippen molar-refractivity contribution in [2.24, 2.45) is 0 Å². The average Bonchev–Trinajstić information content (AvgIpc) is 0.719. The van der Waals surface area contributed by atoms with Gasteiger partial charge in [0.15, 0.2) is 13.0 Å². The first-order valence-corrected chi connectivity index (χ1v) is 26.2. The number of ether oxygens (including phenoxy) is 8. The van der Waals surface area contributed by atoms with E-state index < -0.39 is 215 Å². The molecule has 0 aliphatic rings. The Balaban J connectivity index is -0.000000128. The number of alkyl halides is 71. The van der Waals surface area contributed by atoms with E-state index in [0.717, 1.165) is 6.92 Å². The van der Waals surface area contributed by atoms with Gasteiger partial charge in [-0.15, -0.1) is 35.1 Å². The van der Waals surface area contributed by atoms with Crippen LogP contribution >= 0.6 is 0 Å². The van der Waals surface area contributed by atoms with Crippen molar-refractivity contribution < 1.29 is 350 Å². The fourth-order valence-electron chi connectivity index (χ4n) is 4.18. The molecular formula is C44H39F71O8. The molecule has 0 aliphatic heterocycles. The van der Waals surface area contributed by atoms with Crippen LogP contribution in [0, 0.1) is 0 Å². The van der Waals surface area contributed by atoms with Crippen LogP contribution in [-0.2, 0) is 37.9 Å². The minimum Gasteiger partial charge on any atom is -0.388 e. The third-order valence-electron chi connectivity index (χ3n) is 10.0. The molecule has 4 atom stereocenters. The van der Waals surface area contributed by atoms with Crippen LogP contribution in [-0.4, -0.2) is 252 Å². The van der Waals surface area contributed by atoms with E-state index in [-0.39, 0.29) is 35.2 Å². The quantitative estimate of drug-likeness (QED) is 0.112. The molecule has 0 aliphatic carbocycles. The Kier molecular flexibility index (Phi) is 53.6. The molecule has 0 saturated heterocycles. The van der Waals surface area contributed by atoms with Crippen LogP contribution < -0.4 is 0 Å². The first kappa shape index (κ1) is 141. The number of methoxy groups -OCH3 is 6. The lowest BCUT2D eigenvalue weighted by Gasteiger charge is -2.38. The van der Waals surface area contributed by atoms with Gasteiger partial charge in [0, 0.05) is 56.4 Å². The lowest BCUT2D eigenvalue weighted by molar-refractivity contribution is -0.462. The Hall–Kier alpha value is -5.29. The first-order chi connectivity index (χ1) is 52.1. The molecule has 79 heteroatoms. The molecule has 0 radical (unpaired) electrons. The number of rotatable bonds is 20.